The van der Waals surface area contributed by atoms with Crippen LogP contribution in [0.4, 0.5) is 11.4 Å². The van der Waals surface area contributed by atoms with Crippen LogP contribution in [-0.4, -0.2) is 34.8 Å². The van der Waals surface area contributed by atoms with Crippen molar-refractivity contribution in [1.82, 2.24) is 0 Å². The molecule has 146 valence electrons. The summed E-state index contributed by atoms with van der Waals surface area (Å²) >= 11 is 0. The summed E-state index contributed by atoms with van der Waals surface area (Å²) < 4.78 is 31.4. The van der Waals surface area contributed by atoms with E-state index < -0.39 is 33.2 Å². The lowest BCUT2D eigenvalue weighted by Gasteiger charge is -2.22. The van der Waals surface area contributed by atoms with Gasteiger partial charge < -0.3 is 15.5 Å². The molecule has 0 atom stereocenters. The zero-order valence-electron chi connectivity index (χ0n) is 14.6. The van der Waals surface area contributed by atoms with E-state index in [0.717, 1.165) is 18.2 Å². The molecular weight excluding hydrogens is 398 g/mol. The minimum atomic E-state index is -4.38. The Morgan fingerprint density at radius 2 is 1.31 bits per heavy atom. The van der Waals surface area contributed by atoms with Crippen LogP contribution in [0.3, 0.4) is 0 Å². The summed E-state index contributed by atoms with van der Waals surface area (Å²) in [5, 5.41) is 23.3. The maximum Gasteiger partial charge on any atom is 0.294 e. The van der Waals surface area contributed by atoms with Crippen molar-refractivity contribution >= 4 is 33.1 Å². The van der Waals surface area contributed by atoms with Gasteiger partial charge in [0.2, 0.25) is 0 Å². The summed E-state index contributed by atoms with van der Waals surface area (Å²) in [6.07, 6.45) is 0. The fourth-order valence-corrected chi connectivity index (χ4v) is 3.72. The van der Waals surface area contributed by atoms with Crippen LogP contribution in [0.5, 0.6) is 11.5 Å². The molecule has 3 aromatic carbocycles. The fraction of sp³-hybridized carbons (Fsp3) is 0. The van der Waals surface area contributed by atoms with Crippen LogP contribution in [0.1, 0.15) is 31.8 Å². The number of benzene rings is 3. The van der Waals surface area contributed by atoms with Gasteiger partial charge in [0.1, 0.15) is 11.5 Å². The van der Waals surface area contributed by atoms with Crippen molar-refractivity contribution in [1.29, 1.82) is 0 Å². The number of nitrogens with one attached hydrogen (secondary N) is 1. The van der Waals surface area contributed by atoms with Gasteiger partial charge in [-0.15, -0.1) is 0 Å². The smallest absolute Gasteiger partial charge is 0.294 e. The lowest BCUT2D eigenvalue weighted by molar-refractivity contribution is 0.0977. The van der Waals surface area contributed by atoms with Gasteiger partial charge in [-0.1, -0.05) is 24.3 Å². The summed E-state index contributed by atoms with van der Waals surface area (Å²) in [5.41, 5.74) is 0.0350. The number of ketones is 2. The van der Waals surface area contributed by atoms with Crippen LogP contribution in [0.2, 0.25) is 0 Å². The molecule has 3 aromatic rings. The third-order valence-electron chi connectivity index (χ3n) is 4.58. The molecule has 4 N–H and O–H groups in total. The average molecular weight is 411 g/mol. The van der Waals surface area contributed by atoms with E-state index in [0.29, 0.717) is 0 Å². The zero-order valence-corrected chi connectivity index (χ0v) is 15.4. The molecule has 9 heteroatoms. The monoisotopic (exact) mass is 411 g/mol. The van der Waals surface area contributed by atoms with Gasteiger partial charge in [-0.25, -0.2) is 0 Å². The number of hydrogen-bond donors (Lipinski definition) is 4. The van der Waals surface area contributed by atoms with Crippen molar-refractivity contribution in [2.45, 2.75) is 4.90 Å². The highest BCUT2D eigenvalue weighted by atomic mass is 32.2. The van der Waals surface area contributed by atoms with E-state index in [1.54, 1.807) is 12.1 Å². The van der Waals surface area contributed by atoms with E-state index in [9.17, 15) is 28.2 Å². The van der Waals surface area contributed by atoms with Crippen LogP contribution in [0.15, 0.2) is 59.5 Å². The molecule has 0 aromatic heterocycles. The molecule has 0 heterocycles. The molecular formula is C20H13NO7S. The Labute approximate surface area is 164 Å². The number of carbonyl (C=O) groups is 2. The molecule has 0 radical (unpaired) electrons. The molecule has 1 aliphatic rings. The second kappa shape index (κ2) is 6.43. The van der Waals surface area contributed by atoms with Gasteiger partial charge in [0.05, 0.1) is 21.7 Å². The van der Waals surface area contributed by atoms with Gasteiger partial charge in [0, 0.05) is 22.9 Å². The molecule has 0 saturated carbocycles. The van der Waals surface area contributed by atoms with Crippen molar-refractivity contribution in [2.75, 3.05) is 5.32 Å². The van der Waals surface area contributed by atoms with Crippen molar-refractivity contribution in [3.63, 3.8) is 0 Å². The standard InChI is InChI=1S/C20H13NO7S/c22-14-9-15(23)18(21-10-5-7-11(8-6-10)29(26,27)28)17-16(14)19(24)12-3-1-2-4-13(12)20(17)25/h1-9,21-23H,(H,26,27,28). The minimum Gasteiger partial charge on any atom is -0.507 e. The molecule has 8 nitrogen and oxygen atoms in total. The summed E-state index contributed by atoms with van der Waals surface area (Å²) in [6.45, 7) is 0. The highest BCUT2D eigenvalue weighted by Crippen LogP contribution is 2.43. The quantitative estimate of drug-likeness (QED) is 0.229. The molecule has 0 bridgehead atoms. The second-order valence-electron chi connectivity index (χ2n) is 6.37. The summed E-state index contributed by atoms with van der Waals surface area (Å²) in [6, 6.07) is 12.0. The maximum absolute atomic E-state index is 13.0. The van der Waals surface area contributed by atoms with Crippen LogP contribution in [-0.2, 0) is 10.1 Å². The molecule has 0 fully saturated rings. The number of aromatic hydroxyl groups is 2. The summed E-state index contributed by atoms with van der Waals surface area (Å²) in [4.78, 5) is 25.5. The number of hydrogen-bond acceptors (Lipinski definition) is 7. The molecule has 1 aliphatic carbocycles. The first kappa shape index (κ1) is 18.7. The minimum absolute atomic E-state index is 0.106. The Balaban J connectivity index is 1.86. The first-order valence-electron chi connectivity index (χ1n) is 8.30. The Morgan fingerprint density at radius 3 is 1.86 bits per heavy atom. The van der Waals surface area contributed by atoms with Gasteiger partial charge in [0.15, 0.2) is 11.6 Å². The van der Waals surface area contributed by atoms with Crippen LogP contribution < -0.4 is 5.32 Å². The molecule has 0 aliphatic heterocycles. The molecule has 4 rings (SSSR count). The molecule has 0 unspecified atom stereocenters. The lowest BCUT2D eigenvalue weighted by atomic mass is 9.82. The summed E-state index contributed by atoms with van der Waals surface area (Å²) in [7, 11) is -4.38. The number of phenolic OH excluding ortho intramolecular Hbond substituents is 2. The van der Waals surface area contributed by atoms with Crippen molar-refractivity contribution in [3.05, 3.63) is 76.9 Å². The van der Waals surface area contributed by atoms with Crippen LogP contribution in [0.25, 0.3) is 0 Å². The first-order valence-corrected chi connectivity index (χ1v) is 9.74. The second-order valence-corrected chi connectivity index (χ2v) is 7.79. The highest BCUT2D eigenvalue weighted by Gasteiger charge is 2.35. The third-order valence-corrected chi connectivity index (χ3v) is 5.45. The molecule has 29 heavy (non-hydrogen) atoms. The SMILES string of the molecule is O=C1c2ccccc2C(=O)c2c(Nc3ccc(S(=O)(=O)O)cc3)c(O)cc(O)c21. The Hall–Kier alpha value is -3.69. The maximum atomic E-state index is 13.0. The number of anilines is 2. The van der Waals surface area contributed by atoms with E-state index >= 15 is 0 Å². The lowest BCUT2D eigenvalue weighted by Crippen LogP contribution is -2.22. The normalized spacial score (nSPS) is 13.0. The number of phenols is 2. The Bertz CT molecular complexity index is 1300. The Kier molecular flexibility index (Phi) is 4.14. The van der Waals surface area contributed by atoms with E-state index in [-0.39, 0.29) is 38.5 Å². The van der Waals surface area contributed by atoms with E-state index in [1.807, 2.05) is 0 Å². The largest absolute Gasteiger partial charge is 0.507 e. The van der Waals surface area contributed by atoms with E-state index in [2.05, 4.69) is 5.32 Å². The van der Waals surface area contributed by atoms with Gasteiger partial charge in [-0.2, -0.15) is 8.42 Å². The predicted molar refractivity (Wildman–Crippen MR) is 103 cm³/mol. The fourth-order valence-electron chi connectivity index (χ4n) is 3.24. The number of carbonyl (C=O) groups excluding carboxylic acids is 2. The van der Waals surface area contributed by atoms with Gasteiger partial charge in [0.25, 0.3) is 10.1 Å². The number of fused-ring (bicyclic) bond motifs is 2. The van der Waals surface area contributed by atoms with E-state index in [4.69, 9.17) is 4.55 Å². The molecule has 0 amide bonds. The van der Waals surface area contributed by atoms with Crippen molar-refractivity contribution in [2.24, 2.45) is 0 Å². The summed E-state index contributed by atoms with van der Waals surface area (Å²) in [5.74, 6) is -2.12. The zero-order chi connectivity index (χ0) is 20.9. The number of rotatable bonds is 3. The third kappa shape index (κ3) is 3.02. The molecule has 0 saturated heterocycles. The Morgan fingerprint density at radius 1 is 0.759 bits per heavy atom. The van der Waals surface area contributed by atoms with Crippen molar-refractivity contribution in [3.8, 4) is 11.5 Å². The average Bonchev–Trinajstić information content (AvgIpc) is 2.68. The predicted octanol–water partition coefficient (Wildman–Crippen LogP) is 2.86. The molecule has 0 spiro atoms. The van der Waals surface area contributed by atoms with Gasteiger partial charge in [-0.05, 0) is 24.3 Å². The van der Waals surface area contributed by atoms with Crippen molar-refractivity contribution < 1.29 is 32.8 Å². The van der Waals surface area contributed by atoms with Crippen LogP contribution in [0, 0.1) is 0 Å². The van der Waals surface area contributed by atoms with Crippen LogP contribution >= 0.6 is 0 Å². The first-order chi connectivity index (χ1) is 13.7. The van der Waals surface area contributed by atoms with E-state index in [1.165, 1.54) is 24.3 Å². The highest BCUT2D eigenvalue weighted by molar-refractivity contribution is 7.85. The van der Waals surface area contributed by atoms with Gasteiger partial charge >= 0.3 is 0 Å². The topological polar surface area (TPSA) is 141 Å². The van der Waals surface area contributed by atoms with Gasteiger partial charge in [-0.3, -0.25) is 14.1 Å².